The van der Waals surface area contributed by atoms with Crippen LogP contribution in [0.3, 0.4) is 0 Å². The number of para-hydroxylation sites is 2. The van der Waals surface area contributed by atoms with E-state index in [4.69, 9.17) is 28.9 Å². The van der Waals surface area contributed by atoms with Gasteiger partial charge in [-0.15, -0.1) is 0 Å². The number of aromatic nitrogens is 2. The zero-order chi connectivity index (χ0) is 25.5. The number of nitrogens with zero attached hydrogens (tertiary/aromatic N) is 4. The molecule has 0 fully saturated rings. The summed E-state index contributed by atoms with van der Waals surface area (Å²) < 4.78 is 23.4. The van der Waals surface area contributed by atoms with Gasteiger partial charge in [0.1, 0.15) is 47.6 Å². The van der Waals surface area contributed by atoms with E-state index in [-0.39, 0.29) is 13.2 Å². The van der Waals surface area contributed by atoms with Gasteiger partial charge in [0.2, 0.25) is 0 Å². The second-order valence-corrected chi connectivity index (χ2v) is 8.41. The molecule has 0 bridgehead atoms. The zero-order valence-electron chi connectivity index (χ0n) is 20.9. The minimum absolute atomic E-state index is 0.205. The first-order chi connectivity index (χ1) is 18.2. The molecule has 1 aliphatic rings. The highest BCUT2D eigenvalue weighted by atomic mass is 16.5. The van der Waals surface area contributed by atoms with Gasteiger partial charge in [-0.3, -0.25) is 9.98 Å². The Morgan fingerprint density at radius 1 is 0.649 bits per heavy atom. The average Bonchev–Trinajstić information content (AvgIpc) is 2.94. The molecule has 37 heavy (non-hydrogen) atoms. The number of hydrogen-bond acceptors (Lipinski definition) is 8. The number of methoxy groups -OCH3 is 2. The molecule has 0 atom stereocenters. The summed E-state index contributed by atoms with van der Waals surface area (Å²) in [6, 6.07) is 19.1. The molecule has 1 aromatic heterocycles. The molecule has 4 aromatic rings. The van der Waals surface area contributed by atoms with Crippen LogP contribution in [0, 0.1) is 0 Å². The Kier molecular flexibility index (Phi) is 7.55. The summed E-state index contributed by atoms with van der Waals surface area (Å²) in [5, 5.41) is 0. The van der Waals surface area contributed by atoms with Crippen LogP contribution >= 0.6 is 0 Å². The molecule has 188 valence electrons. The topological polar surface area (TPSA) is 87.4 Å². The van der Waals surface area contributed by atoms with Crippen molar-refractivity contribution in [2.24, 2.45) is 9.98 Å². The molecule has 0 spiro atoms. The fourth-order valence-electron chi connectivity index (χ4n) is 3.92. The summed E-state index contributed by atoms with van der Waals surface area (Å²) in [6.45, 7) is 1.71. The normalized spacial score (nSPS) is 13.9. The van der Waals surface area contributed by atoms with Crippen molar-refractivity contribution in [1.82, 2.24) is 9.97 Å². The maximum atomic E-state index is 6.26. The standard InChI is InChI=1S/C29H28N4O4/c1-34-22-10-8-20-16-30-12-5-13-31-17-21-9-11-23(35-2)15-29(21)37-19-27-26(18-36-28(20)14-22)32-24-6-3-4-7-25(24)33-27/h3-4,6-11,14-17H,5,12-13,18-19H2,1-2H3. The number of rotatable bonds is 2. The van der Waals surface area contributed by atoms with Gasteiger partial charge in [0, 0.05) is 48.8 Å². The minimum Gasteiger partial charge on any atom is -0.497 e. The quantitative estimate of drug-likeness (QED) is 0.386. The van der Waals surface area contributed by atoms with E-state index in [2.05, 4.69) is 9.98 Å². The molecule has 0 amide bonds. The number of fused-ring (bicyclic) bond motifs is 4. The Morgan fingerprint density at radius 2 is 1.14 bits per heavy atom. The summed E-state index contributed by atoms with van der Waals surface area (Å²) in [5.74, 6) is 2.71. The Labute approximate surface area is 215 Å². The molecule has 0 saturated heterocycles. The lowest BCUT2D eigenvalue weighted by Crippen LogP contribution is -2.10. The van der Waals surface area contributed by atoms with E-state index in [0.29, 0.717) is 47.5 Å². The summed E-state index contributed by atoms with van der Waals surface area (Å²) in [7, 11) is 3.26. The first-order valence-corrected chi connectivity index (χ1v) is 12.1. The highest BCUT2D eigenvalue weighted by molar-refractivity contribution is 5.84. The van der Waals surface area contributed by atoms with Crippen LogP contribution in [0.4, 0.5) is 0 Å². The van der Waals surface area contributed by atoms with E-state index in [1.54, 1.807) is 14.2 Å². The number of hydrogen-bond donors (Lipinski definition) is 0. The molecule has 0 N–H and O–H groups in total. The second-order valence-electron chi connectivity index (χ2n) is 8.41. The van der Waals surface area contributed by atoms with Crippen LogP contribution in [0.25, 0.3) is 11.0 Å². The molecule has 8 heteroatoms. The third-order valence-electron chi connectivity index (χ3n) is 5.93. The van der Waals surface area contributed by atoms with Gasteiger partial charge in [0.05, 0.1) is 25.3 Å². The van der Waals surface area contributed by atoms with Crippen LogP contribution in [0.1, 0.15) is 28.9 Å². The number of aliphatic imine (C=N–C) groups is 2. The van der Waals surface area contributed by atoms with Crippen LogP contribution in [0.5, 0.6) is 23.0 Å². The third kappa shape index (κ3) is 5.86. The van der Waals surface area contributed by atoms with Gasteiger partial charge < -0.3 is 18.9 Å². The summed E-state index contributed by atoms with van der Waals surface area (Å²) >= 11 is 0. The van der Waals surface area contributed by atoms with Crippen molar-refractivity contribution in [3.05, 3.63) is 83.2 Å². The zero-order valence-corrected chi connectivity index (χ0v) is 20.9. The highest BCUT2D eigenvalue weighted by Crippen LogP contribution is 2.27. The van der Waals surface area contributed by atoms with Gasteiger partial charge in [-0.2, -0.15) is 0 Å². The van der Waals surface area contributed by atoms with Crippen molar-refractivity contribution in [3.8, 4) is 23.0 Å². The predicted molar refractivity (Wildman–Crippen MR) is 144 cm³/mol. The Morgan fingerprint density at radius 3 is 1.59 bits per heavy atom. The van der Waals surface area contributed by atoms with E-state index in [1.165, 1.54) is 0 Å². The fraction of sp³-hybridized carbons (Fsp3) is 0.241. The van der Waals surface area contributed by atoms with Gasteiger partial charge in [-0.1, -0.05) is 12.1 Å². The Hall–Kier alpha value is -4.46. The molecule has 1 aliphatic heterocycles. The second kappa shape index (κ2) is 11.5. The minimum atomic E-state index is 0.205. The molecule has 0 aliphatic carbocycles. The van der Waals surface area contributed by atoms with Crippen molar-refractivity contribution in [2.75, 3.05) is 27.3 Å². The smallest absolute Gasteiger partial charge is 0.132 e. The third-order valence-corrected chi connectivity index (χ3v) is 5.93. The van der Waals surface area contributed by atoms with Crippen LogP contribution in [0.2, 0.25) is 0 Å². The van der Waals surface area contributed by atoms with Gasteiger partial charge in [-0.25, -0.2) is 9.97 Å². The van der Waals surface area contributed by atoms with Crippen LogP contribution in [-0.2, 0) is 13.2 Å². The summed E-state index contributed by atoms with van der Waals surface area (Å²) in [5.41, 5.74) is 4.67. The molecular weight excluding hydrogens is 468 g/mol. The monoisotopic (exact) mass is 496 g/mol. The highest BCUT2D eigenvalue weighted by Gasteiger charge is 2.14. The molecule has 8 nitrogen and oxygen atoms in total. The lowest BCUT2D eigenvalue weighted by atomic mass is 10.2. The summed E-state index contributed by atoms with van der Waals surface area (Å²) in [4.78, 5) is 18.9. The first kappa shape index (κ1) is 24.2. The van der Waals surface area contributed by atoms with Gasteiger partial charge in [0.15, 0.2) is 0 Å². The molecule has 2 heterocycles. The van der Waals surface area contributed by atoms with Gasteiger partial charge in [-0.05, 0) is 42.8 Å². The molecule has 5 rings (SSSR count). The van der Waals surface area contributed by atoms with Crippen molar-refractivity contribution in [1.29, 1.82) is 0 Å². The van der Waals surface area contributed by atoms with Crippen LogP contribution < -0.4 is 18.9 Å². The maximum absolute atomic E-state index is 6.26. The largest absolute Gasteiger partial charge is 0.497 e. The Balaban J connectivity index is 1.55. The molecular formula is C29H28N4O4. The fourth-order valence-corrected chi connectivity index (χ4v) is 3.92. The number of benzene rings is 3. The van der Waals surface area contributed by atoms with Crippen molar-refractivity contribution < 1.29 is 18.9 Å². The average molecular weight is 497 g/mol. The van der Waals surface area contributed by atoms with Gasteiger partial charge >= 0.3 is 0 Å². The van der Waals surface area contributed by atoms with Crippen LogP contribution in [-0.4, -0.2) is 49.7 Å². The van der Waals surface area contributed by atoms with E-state index in [1.807, 2.05) is 73.1 Å². The van der Waals surface area contributed by atoms with Crippen molar-refractivity contribution in [3.63, 3.8) is 0 Å². The molecule has 0 saturated carbocycles. The lowest BCUT2D eigenvalue weighted by Gasteiger charge is -2.15. The summed E-state index contributed by atoms with van der Waals surface area (Å²) in [6.07, 6.45) is 4.47. The van der Waals surface area contributed by atoms with E-state index >= 15 is 0 Å². The van der Waals surface area contributed by atoms with E-state index < -0.39 is 0 Å². The van der Waals surface area contributed by atoms with Crippen LogP contribution in [0.15, 0.2) is 70.6 Å². The van der Waals surface area contributed by atoms with E-state index in [9.17, 15) is 0 Å². The molecule has 0 radical (unpaired) electrons. The maximum Gasteiger partial charge on any atom is 0.132 e. The van der Waals surface area contributed by atoms with Crippen molar-refractivity contribution in [2.45, 2.75) is 19.6 Å². The molecule has 0 unspecified atom stereocenters. The van der Waals surface area contributed by atoms with E-state index in [0.717, 1.165) is 28.6 Å². The Bertz CT molecular complexity index is 1340. The van der Waals surface area contributed by atoms with Crippen molar-refractivity contribution >= 4 is 23.5 Å². The van der Waals surface area contributed by atoms with Gasteiger partial charge in [0.25, 0.3) is 0 Å². The number of ether oxygens (including phenoxy) is 4. The lowest BCUT2D eigenvalue weighted by molar-refractivity contribution is 0.276. The predicted octanol–water partition coefficient (Wildman–Crippen LogP) is 5.05. The molecule has 3 aromatic carbocycles. The first-order valence-electron chi connectivity index (χ1n) is 12.1. The SMILES string of the molecule is COc1ccc2c(c1)OCc1nc3ccccc3nc1COc1cc(OC)ccc1C=NCCCN=C2.